The second kappa shape index (κ2) is 7.98. The van der Waals surface area contributed by atoms with Crippen molar-refractivity contribution in [1.82, 2.24) is 15.3 Å². The van der Waals surface area contributed by atoms with Crippen molar-refractivity contribution in [2.24, 2.45) is 0 Å². The van der Waals surface area contributed by atoms with E-state index in [-0.39, 0.29) is 17.7 Å². The van der Waals surface area contributed by atoms with Gasteiger partial charge in [0.25, 0.3) is 0 Å². The van der Waals surface area contributed by atoms with E-state index >= 15 is 0 Å². The van der Waals surface area contributed by atoms with Crippen LogP contribution in [0.15, 0.2) is 6.33 Å². The number of ether oxygens (including phenoxy) is 2. The topological polar surface area (TPSA) is 73.3 Å². The number of alkyl carbamates (subject to hydrolysis) is 1. The van der Waals surface area contributed by atoms with Crippen molar-refractivity contribution >= 4 is 27.6 Å². The summed E-state index contributed by atoms with van der Waals surface area (Å²) in [7, 11) is 0. The molecule has 2 heterocycles. The number of fused-ring (bicyclic) bond motifs is 3. The quantitative estimate of drug-likeness (QED) is 0.668. The molecule has 0 aromatic carbocycles. The Kier molecular flexibility index (Phi) is 5.68. The summed E-state index contributed by atoms with van der Waals surface area (Å²) in [5.41, 5.74) is 0.677. The number of amides is 1. The summed E-state index contributed by atoms with van der Waals surface area (Å²) in [4.78, 5) is 23.8. The molecule has 0 aliphatic heterocycles. The molecule has 1 fully saturated rings. The highest BCUT2D eigenvalue weighted by Gasteiger charge is 2.36. The van der Waals surface area contributed by atoms with Gasteiger partial charge in [0, 0.05) is 10.4 Å². The molecule has 1 amide bonds. The normalized spacial score (nSPS) is 26.4. The smallest absolute Gasteiger partial charge is 0.408 e. The van der Waals surface area contributed by atoms with Crippen molar-refractivity contribution in [3.63, 3.8) is 0 Å². The van der Waals surface area contributed by atoms with E-state index in [1.54, 1.807) is 17.7 Å². The Bertz CT molecular complexity index is 926. The van der Waals surface area contributed by atoms with Gasteiger partial charge in [0.1, 0.15) is 22.9 Å². The number of nitrogens with zero attached hydrogens (tertiary/aromatic N) is 2. The lowest BCUT2D eigenvalue weighted by molar-refractivity contribution is 0.0386. The molecule has 0 unspecified atom stereocenters. The number of aryl methyl sites for hydroxylation is 1. The van der Waals surface area contributed by atoms with Crippen LogP contribution >= 0.6 is 11.3 Å². The summed E-state index contributed by atoms with van der Waals surface area (Å²) in [5, 5.41) is 4.21. The van der Waals surface area contributed by atoms with Crippen LogP contribution in [0.25, 0.3) is 10.2 Å². The van der Waals surface area contributed by atoms with Gasteiger partial charge < -0.3 is 14.8 Å². The maximum Gasteiger partial charge on any atom is 0.408 e. The van der Waals surface area contributed by atoms with Gasteiger partial charge in [-0.25, -0.2) is 14.8 Å². The van der Waals surface area contributed by atoms with Gasteiger partial charge in [0.2, 0.25) is 5.88 Å². The number of rotatable bonds is 4. The van der Waals surface area contributed by atoms with Crippen LogP contribution in [-0.4, -0.2) is 33.3 Å². The van der Waals surface area contributed by atoms with E-state index in [1.165, 1.54) is 16.9 Å². The summed E-state index contributed by atoms with van der Waals surface area (Å²) < 4.78 is 11.9. The number of hydrogen-bond acceptors (Lipinski definition) is 6. The first kappa shape index (κ1) is 21.3. The average Bonchev–Trinajstić information content (AvgIpc) is 3.21. The number of nitrogens with one attached hydrogen (secondary N) is 1. The predicted octanol–water partition coefficient (Wildman–Crippen LogP) is 5.74. The molecule has 0 bridgehead atoms. The lowest BCUT2D eigenvalue weighted by Crippen LogP contribution is -2.51. The van der Waals surface area contributed by atoms with Crippen LogP contribution in [0.4, 0.5) is 4.79 Å². The third-order valence-electron chi connectivity index (χ3n) is 6.31. The highest BCUT2D eigenvalue weighted by molar-refractivity contribution is 7.19. The highest BCUT2D eigenvalue weighted by Crippen LogP contribution is 2.47. The van der Waals surface area contributed by atoms with Crippen LogP contribution in [0.1, 0.15) is 89.5 Å². The minimum Gasteiger partial charge on any atom is -0.474 e. The standard InChI is InChI=1S/C23H33N3O3S/c1-6-14-7-8-16-17(14)18-19(24-13-25-20(18)30-16)28-15-9-11-23(5,12-10-15)26-21(27)29-22(2,3)4/h13-15H,6-12H2,1-5H3,(H,26,27)/t14-,15-,23-/m0/s1. The molecule has 7 heteroatoms. The van der Waals surface area contributed by atoms with Crippen molar-refractivity contribution in [2.45, 2.75) is 103 Å². The van der Waals surface area contributed by atoms with Gasteiger partial charge in [0.05, 0.1) is 5.39 Å². The molecule has 4 rings (SSSR count). The van der Waals surface area contributed by atoms with Gasteiger partial charge >= 0.3 is 6.09 Å². The first-order valence-electron chi connectivity index (χ1n) is 11.1. The molecule has 30 heavy (non-hydrogen) atoms. The van der Waals surface area contributed by atoms with Crippen molar-refractivity contribution in [3.8, 4) is 5.88 Å². The Labute approximate surface area is 182 Å². The molecule has 2 aromatic rings. The van der Waals surface area contributed by atoms with Crippen molar-refractivity contribution < 1.29 is 14.3 Å². The van der Waals surface area contributed by atoms with Crippen molar-refractivity contribution in [2.75, 3.05) is 0 Å². The molecule has 0 radical (unpaired) electrons. The lowest BCUT2D eigenvalue weighted by atomic mass is 9.82. The van der Waals surface area contributed by atoms with E-state index in [0.29, 0.717) is 5.92 Å². The van der Waals surface area contributed by atoms with Crippen LogP contribution in [0.3, 0.4) is 0 Å². The van der Waals surface area contributed by atoms with Crippen LogP contribution in [-0.2, 0) is 11.2 Å². The monoisotopic (exact) mass is 431 g/mol. The Balaban J connectivity index is 1.44. The molecular formula is C23H33N3O3S. The summed E-state index contributed by atoms with van der Waals surface area (Å²) in [5.74, 6) is 1.33. The summed E-state index contributed by atoms with van der Waals surface area (Å²) in [6, 6.07) is 0. The Morgan fingerprint density at radius 2 is 2.00 bits per heavy atom. The zero-order chi connectivity index (χ0) is 21.5. The fourth-order valence-corrected chi connectivity index (χ4v) is 5.95. The SMILES string of the molecule is CC[C@H]1CCc2sc3ncnc(O[C@H]4CC[C@](C)(NC(=O)OC(C)(C)C)CC4)c3c21. The zero-order valence-corrected chi connectivity index (χ0v) is 19.5. The minimum atomic E-state index is -0.490. The van der Waals surface area contributed by atoms with Crippen molar-refractivity contribution in [1.29, 1.82) is 0 Å². The summed E-state index contributed by atoms with van der Waals surface area (Å²) in [6.07, 6.45) is 8.35. The average molecular weight is 432 g/mol. The van der Waals surface area contributed by atoms with E-state index in [0.717, 1.165) is 54.6 Å². The van der Waals surface area contributed by atoms with Crippen molar-refractivity contribution in [3.05, 3.63) is 16.8 Å². The number of aromatic nitrogens is 2. The maximum atomic E-state index is 12.2. The van der Waals surface area contributed by atoms with Gasteiger partial charge in [-0.1, -0.05) is 6.92 Å². The number of carbonyl (C=O) groups excluding carboxylic acids is 1. The van der Waals surface area contributed by atoms with Gasteiger partial charge in [-0.3, -0.25) is 0 Å². The minimum absolute atomic E-state index is 0.105. The first-order valence-corrected chi connectivity index (χ1v) is 11.9. The molecule has 1 atom stereocenters. The summed E-state index contributed by atoms with van der Waals surface area (Å²) in [6.45, 7) is 9.99. The molecule has 1 saturated carbocycles. The highest BCUT2D eigenvalue weighted by atomic mass is 32.1. The molecule has 6 nitrogen and oxygen atoms in total. The Hall–Kier alpha value is -1.89. The van der Waals surface area contributed by atoms with Crippen LogP contribution < -0.4 is 10.1 Å². The second-order valence-electron chi connectivity index (χ2n) is 9.95. The number of hydrogen-bond donors (Lipinski definition) is 1. The van der Waals surface area contributed by atoms with E-state index in [9.17, 15) is 4.79 Å². The first-order chi connectivity index (χ1) is 14.2. The van der Waals surface area contributed by atoms with Gasteiger partial charge in [-0.15, -0.1) is 11.3 Å². The zero-order valence-electron chi connectivity index (χ0n) is 18.7. The summed E-state index contributed by atoms with van der Waals surface area (Å²) >= 11 is 1.80. The molecular weight excluding hydrogens is 398 g/mol. The second-order valence-corrected chi connectivity index (χ2v) is 11.0. The molecule has 1 N–H and O–H groups in total. The van der Waals surface area contributed by atoms with Crippen LogP contribution in [0.5, 0.6) is 5.88 Å². The molecule has 164 valence electrons. The van der Waals surface area contributed by atoms with E-state index in [1.807, 2.05) is 20.8 Å². The fourth-order valence-electron chi connectivity index (χ4n) is 4.72. The lowest BCUT2D eigenvalue weighted by Gasteiger charge is -2.38. The predicted molar refractivity (Wildman–Crippen MR) is 119 cm³/mol. The third-order valence-corrected chi connectivity index (χ3v) is 7.48. The van der Waals surface area contributed by atoms with E-state index in [4.69, 9.17) is 9.47 Å². The maximum absolute atomic E-state index is 12.2. The van der Waals surface area contributed by atoms with Gasteiger partial charge in [0.15, 0.2) is 0 Å². The number of carbonyl (C=O) groups is 1. The molecule has 2 aliphatic rings. The molecule has 2 aromatic heterocycles. The Morgan fingerprint density at radius 3 is 2.67 bits per heavy atom. The fraction of sp³-hybridized carbons (Fsp3) is 0.696. The Morgan fingerprint density at radius 1 is 1.27 bits per heavy atom. The third kappa shape index (κ3) is 4.41. The van der Waals surface area contributed by atoms with E-state index < -0.39 is 5.60 Å². The molecule has 0 saturated heterocycles. The van der Waals surface area contributed by atoms with Gasteiger partial charge in [-0.2, -0.15) is 0 Å². The largest absolute Gasteiger partial charge is 0.474 e. The van der Waals surface area contributed by atoms with Gasteiger partial charge in [-0.05, 0) is 84.1 Å². The van der Waals surface area contributed by atoms with Crippen LogP contribution in [0, 0.1) is 0 Å². The molecule has 2 aliphatic carbocycles. The number of thiophene rings is 1. The van der Waals surface area contributed by atoms with Crippen LogP contribution in [0.2, 0.25) is 0 Å². The van der Waals surface area contributed by atoms with E-state index in [2.05, 4.69) is 29.1 Å². The molecule has 0 spiro atoms.